The van der Waals surface area contributed by atoms with Crippen LogP contribution in [-0.2, 0) is 0 Å². The maximum absolute atomic E-state index is 5.94. The summed E-state index contributed by atoms with van der Waals surface area (Å²) in [6.07, 6.45) is 2.52. The van der Waals surface area contributed by atoms with Gasteiger partial charge in [0.1, 0.15) is 12.4 Å². The van der Waals surface area contributed by atoms with Gasteiger partial charge in [-0.2, -0.15) is 0 Å². The van der Waals surface area contributed by atoms with Crippen LogP contribution in [0.2, 0.25) is 0 Å². The van der Waals surface area contributed by atoms with E-state index in [1.54, 1.807) is 0 Å². The maximum Gasteiger partial charge on any atom is 0.125 e. The summed E-state index contributed by atoms with van der Waals surface area (Å²) in [5.74, 6) is 1.83. The molecule has 0 saturated carbocycles. The molecule has 2 nitrogen and oxygen atoms in total. The largest absolute Gasteiger partial charge is 0.492 e. The summed E-state index contributed by atoms with van der Waals surface area (Å²) >= 11 is 0. The van der Waals surface area contributed by atoms with Gasteiger partial charge in [-0.25, -0.2) is 0 Å². The van der Waals surface area contributed by atoms with E-state index in [1.807, 2.05) is 0 Å². The van der Waals surface area contributed by atoms with Gasteiger partial charge in [-0.15, -0.1) is 0 Å². The van der Waals surface area contributed by atoms with Crippen LogP contribution < -0.4 is 10.1 Å². The fourth-order valence-electron chi connectivity index (χ4n) is 2.54. The molecule has 1 unspecified atom stereocenters. The molecule has 0 bridgehead atoms. The predicted octanol–water partition coefficient (Wildman–Crippen LogP) is 4.40. The molecule has 0 saturated heterocycles. The molecule has 0 spiro atoms. The number of nitrogens with one attached hydrogen (secondary N) is 1. The Bertz CT molecular complexity index is 389. The van der Waals surface area contributed by atoms with Gasteiger partial charge in [0.05, 0.1) is 0 Å². The molecule has 0 aliphatic rings. The zero-order chi connectivity index (χ0) is 15.1. The SMILES string of the molecule is Cc1cc(C)c(OCCNC(C)CCC(C)C)c(C)c1. The molecule has 0 radical (unpaired) electrons. The summed E-state index contributed by atoms with van der Waals surface area (Å²) in [5, 5.41) is 3.53. The van der Waals surface area contributed by atoms with Crippen molar-refractivity contribution in [3.8, 4) is 5.75 Å². The first kappa shape index (κ1) is 17.0. The Balaban J connectivity index is 2.31. The van der Waals surface area contributed by atoms with E-state index >= 15 is 0 Å². The van der Waals surface area contributed by atoms with E-state index in [2.05, 4.69) is 59.0 Å². The molecule has 1 aromatic rings. The van der Waals surface area contributed by atoms with Crippen LogP contribution >= 0.6 is 0 Å². The summed E-state index contributed by atoms with van der Waals surface area (Å²) in [5.41, 5.74) is 3.76. The number of rotatable bonds is 8. The number of benzene rings is 1. The molecule has 0 heterocycles. The molecule has 1 N–H and O–H groups in total. The minimum atomic E-state index is 0.571. The molecular formula is C18H31NO. The summed E-state index contributed by atoms with van der Waals surface area (Å²) in [6.45, 7) is 14.8. The normalized spacial score (nSPS) is 12.8. The highest BCUT2D eigenvalue weighted by Crippen LogP contribution is 2.24. The van der Waals surface area contributed by atoms with Crippen LogP contribution in [0, 0.1) is 26.7 Å². The van der Waals surface area contributed by atoms with E-state index in [9.17, 15) is 0 Å². The standard InChI is InChI=1S/C18H31NO/c1-13(2)7-8-17(6)19-9-10-20-18-15(4)11-14(3)12-16(18)5/h11-13,17,19H,7-10H2,1-6H3. The highest BCUT2D eigenvalue weighted by Gasteiger charge is 2.06. The Morgan fingerprint density at radius 2 is 1.60 bits per heavy atom. The van der Waals surface area contributed by atoms with Gasteiger partial charge in [0, 0.05) is 12.6 Å². The Hall–Kier alpha value is -1.02. The van der Waals surface area contributed by atoms with Crippen LogP contribution in [0.25, 0.3) is 0 Å². The van der Waals surface area contributed by atoms with Crippen LogP contribution in [-0.4, -0.2) is 19.2 Å². The smallest absolute Gasteiger partial charge is 0.125 e. The number of hydrogen-bond acceptors (Lipinski definition) is 2. The third-order valence-electron chi connectivity index (χ3n) is 3.62. The first-order valence-electron chi connectivity index (χ1n) is 7.84. The Morgan fingerprint density at radius 1 is 1.00 bits per heavy atom. The average Bonchev–Trinajstić information content (AvgIpc) is 2.34. The summed E-state index contributed by atoms with van der Waals surface area (Å²) in [6, 6.07) is 4.93. The van der Waals surface area contributed by atoms with Crippen molar-refractivity contribution in [2.75, 3.05) is 13.2 Å². The van der Waals surface area contributed by atoms with Gasteiger partial charge in [0.25, 0.3) is 0 Å². The zero-order valence-electron chi connectivity index (χ0n) is 14.0. The molecular weight excluding hydrogens is 246 g/mol. The van der Waals surface area contributed by atoms with Gasteiger partial charge in [0.15, 0.2) is 0 Å². The summed E-state index contributed by atoms with van der Waals surface area (Å²) in [4.78, 5) is 0. The Labute approximate surface area is 124 Å². The van der Waals surface area contributed by atoms with Crippen molar-refractivity contribution in [3.05, 3.63) is 28.8 Å². The van der Waals surface area contributed by atoms with Gasteiger partial charge in [0.2, 0.25) is 0 Å². The van der Waals surface area contributed by atoms with Crippen molar-refractivity contribution in [2.24, 2.45) is 5.92 Å². The van der Waals surface area contributed by atoms with Crippen molar-refractivity contribution in [3.63, 3.8) is 0 Å². The Morgan fingerprint density at radius 3 is 2.15 bits per heavy atom. The van der Waals surface area contributed by atoms with E-state index in [0.29, 0.717) is 6.04 Å². The lowest BCUT2D eigenvalue weighted by Gasteiger charge is -2.17. The second kappa shape index (κ2) is 8.31. The van der Waals surface area contributed by atoms with E-state index < -0.39 is 0 Å². The van der Waals surface area contributed by atoms with Crippen molar-refractivity contribution in [1.29, 1.82) is 0 Å². The second-order valence-corrected chi connectivity index (χ2v) is 6.40. The molecule has 0 aliphatic carbocycles. The zero-order valence-corrected chi connectivity index (χ0v) is 14.0. The third kappa shape index (κ3) is 5.96. The lowest BCUT2D eigenvalue weighted by Crippen LogP contribution is -2.30. The van der Waals surface area contributed by atoms with Crippen LogP contribution in [0.5, 0.6) is 5.75 Å². The number of ether oxygens (including phenoxy) is 1. The van der Waals surface area contributed by atoms with Gasteiger partial charge < -0.3 is 10.1 Å². The maximum atomic E-state index is 5.94. The van der Waals surface area contributed by atoms with E-state index in [4.69, 9.17) is 4.74 Å². The highest BCUT2D eigenvalue weighted by molar-refractivity contribution is 5.42. The first-order valence-corrected chi connectivity index (χ1v) is 7.84. The van der Waals surface area contributed by atoms with Crippen molar-refractivity contribution in [1.82, 2.24) is 5.32 Å². The Kier molecular flexibility index (Phi) is 7.08. The van der Waals surface area contributed by atoms with Crippen LogP contribution in [0.15, 0.2) is 12.1 Å². The summed E-state index contributed by atoms with van der Waals surface area (Å²) in [7, 11) is 0. The second-order valence-electron chi connectivity index (χ2n) is 6.40. The van der Waals surface area contributed by atoms with Gasteiger partial charge in [-0.3, -0.25) is 0 Å². The molecule has 0 aliphatic heterocycles. The molecule has 1 atom stereocenters. The molecule has 1 aromatic carbocycles. The monoisotopic (exact) mass is 277 g/mol. The van der Waals surface area contributed by atoms with Crippen molar-refractivity contribution in [2.45, 2.75) is 60.4 Å². The third-order valence-corrected chi connectivity index (χ3v) is 3.62. The molecule has 2 heteroatoms. The molecule has 1 rings (SSSR count). The fourth-order valence-corrected chi connectivity index (χ4v) is 2.54. The predicted molar refractivity (Wildman–Crippen MR) is 87.7 cm³/mol. The van der Waals surface area contributed by atoms with Gasteiger partial charge in [-0.05, 0) is 57.6 Å². The van der Waals surface area contributed by atoms with Gasteiger partial charge >= 0.3 is 0 Å². The van der Waals surface area contributed by atoms with E-state index in [1.165, 1.54) is 29.5 Å². The quantitative estimate of drug-likeness (QED) is 0.711. The lowest BCUT2D eigenvalue weighted by molar-refractivity contribution is 0.299. The molecule has 0 amide bonds. The first-order chi connectivity index (χ1) is 9.40. The summed E-state index contributed by atoms with van der Waals surface area (Å²) < 4.78 is 5.94. The van der Waals surface area contributed by atoms with Gasteiger partial charge in [-0.1, -0.05) is 31.5 Å². The minimum Gasteiger partial charge on any atom is -0.492 e. The number of aryl methyl sites for hydroxylation is 3. The fraction of sp³-hybridized carbons (Fsp3) is 0.667. The topological polar surface area (TPSA) is 21.3 Å². The molecule has 20 heavy (non-hydrogen) atoms. The van der Waals surface area contributed by atoms with Crippen molar-refractivity contribution < 1.29 is 4.74 Å². The van der Waals surface area contributed by atoms with Crippen LogP contribution in [0.3, 0.4) is 0 Å². The average molecular weight is 277 g/mol. The minimum absolute atomic E-state index is 0.571. The van der Waals surface area contributed by atoms with E-state index in [0.717, 1.165) is 24.8 Å². The molecule has 0 fully saturated rings. The lowest BCUT2D eigenvalue weighted by atomic mass is 10.0. The molecule has 114 valence electrons. The highest BCUT2D eigenvalue weighted by atomic mass is 16.5. The van der Waals surface area contributed by atoms with Crippen LogP contribution in [0.1, 0.15) is 50.3 Å². The molecule has 0 aromatic heterocycles. The van der Waals surface area contributed by atoms with E-state index in [-0.39, 0.29) is 0 Å². The van der Waals surface area contributed by atoms with Crippen LogP contribution in [0.4, 0.5) is 0 Å². The van der Waals surface area contributed by atoms with Crippen molar-refractivity contribution >= 4 is 0 Å². The number of hydrogen-bond donors (Lipinski definition) is 1.